The van der Waals surface area contributed by atoms with Gasteiger partial charge in [-0.1, -0.05) is 0 Å². The van der Waals surface area contributed by atoms with Crippen molar-refractivity contribution in [2.24, 2.45) is 0 Å². The Kier molecular flexibility index (Phi) is 5.76. The number of hydrogen-bond acceptors (Lipinski definition) is 2. The summed E-state index contributed by atoms with van der Waals surface area (Å²) in [6.45, 7) is 3.14. The molecule has 0 amide bonds. The van der Waals surface area contributed by atoms with Crippen molar-refractivity contribution in [3.8, 4) is 0 Å². The first kappa shape index (κ1) is 11.3. The highest BCUT2D eigenvalue weighted by atomic mass is 35.5. The van der Waals surface area contributed by atoms with Gasteiger partial charge in [0.15, 0.2) is 0 Å². The molecule has 0 saturated heterocycles. The maximum absolute atomic E-state index is 5.74. The Bertz CT molecular complexity index is 128. The fourth-order valence-electron chi connectivity index (χ4n) is 1.59. The molecule has 3 heteroatoms. The zero-order valence-corrected chi connectivity index (χ0v) is 9.22. The normalized spacial score (nSPS) is 16.8. The highest BCUT2D eigenvalue weighted by Gasteiger charge is 2.27. The molecule has 1 rings (SSSR count). The summed E-state index contributed by atoms with van der Waals surface area (Å²) in [6.07, 6.45) is 5.16. The van der Waals surface area contributed by atoms with E-state index in [2.05, 4.69) is 4.90 Å². The zero-order chi connectivity index (χ0) is 9.52. The van der Waals surface area contributed by atoms with Crippen LogP contribution >= 0.6 is 11.6 Å². The highest BCUT2D eigenvalue weighted by Crippen LogP contribution is 2.26. The van der Waals surface area contributed by atoms with E-state index in [0.29, 0.717) is 0 Å². The van der Waals surface area contributed by atoms with Gasteiger partial charge in [0, 0.05) is 32.2 Å². The molecule has 2 nitrogen and oxygen atoms in total. The van der Waals surface area contributed by atoms with Gasteiger partial charge in [-0.05, 0) is 32.2 Å². The fraction of sp³-hybridized carbons (Fsp3) is 1.00. The first-order chi connectivity index (χ1) is 6.38. The van der Waals surface area contributed by atoms with E-state index in [1.807, 2.05) is 0 Å². The highest BCUT2D eigenvalue weighted by molar-refractivity contribution is 6.18. The smallest absolute Gasteiger partial charge is 0.0462 e. The van der Waals surface area contributed by atoms with E-state index in [0.717, 1.165) is 25.1 Å². The van der Waals surface area contributed by atoms with Crippen molar-refractivity contribution in [3.63, 3.8) is 0 Å². The van der Waals surface area contributed by atoms with Crippen LogP contribution in [0.1, 0.15) is 25.7 Å². The van der Waals surface area contributed by atoms with Crippen LogP contribution in [0.15, 0.2) is 0 Å². The Balaban J connectivity index is 2.00. The minimum Gasteiger partial charge on any atom is -0.385 e. The lowest BCUT2D eigenvalue weighted by Crippen LogP contribution is -2.29. The third-order valence-electron chi connectivity index (χ3n) is 2.48. The average molecular weight is 206 g/mol. The van der Waals surface area contributed by atoms with Crippen LogP contribution in [0.4, 0.5) is 0 Å². The molecule has 0 heterocycles. The van der Waals surface area contributed by atoms with Crippen molar-refractivity contribution >= 4 is 11.6 Å². The van der Waals surface area contributed by atoms with Crippen LogP contribution in [0.3, 0.4) is 0 Å². The van der Waals surface area contributed by atoms with Gasteiger partial charge in [-0.25, -0.2) is 0 Å². The Morgan fingerprint density at radius 1 is 1.31 bits per heavy atom. The standard InChI is InChI=1S/C10H20ClNO/c1-13-9-3-2-7-12(8-6-11)10-4-5-10/h10H,2-9H2,1H3. The summed E-state index contributed by atoms with van der Waals surface area (Å²) < 4.78 is 5.02. The molecule has 1 saturated carbocycles. The van der Waals surface area contributed by atoms with E-state index in [9.17, 15) is 0 Å². The lowest BCUT2D eigenvalue weighted by Gasteiger charge is -2.20. The molecular weight excluding hydrogens is 186 g/mol. The number of hydrogen-bond donors (Lipinski definition) is 0. The Labute approximate surface area is 86.2 Å². The van der Waals surface area contributed by atoms with Gasteiger partial charge in [0.1, 0.15) is 0 Å². The molecule has 0 aromatic heterocycles. The van der Waals surface area contributed by atoms with Gasteiger partial charge in [0.25, 0.3) is 0 Å². The minimum atomic E-state index is 0.765. The van der Waals surface area contributed by atoms with Gasteiger partial charge >= 0.3 is 0 Å². The summed E-state index contributed by atoms with van der Waals surface area (Å²) in [4.78, 5) is 2.52. The monoisotopic (exact) mass is 205 g/mol. The Morgan fingerprint density at radius 2 is 2.08 bits per heavy atom. The number of nitrogens with zero attached hydrogens (tertiary/aromatic N) is 1. The predicted octanol–water partition coefficient (Wildman–Crippen LogP) is 2.12. The van der Waals surface area contributed by atoms with E-state index in [-0.39, 0.29) is 0 Å². The van der Waals surface area contributed by atoms with Crippen molar-refractivity contribution in [1.29, 1.82) is 0 Å². The minimum absolute atomic E-state index is 0.765. The molecule has 13 heavy (non-hydrogen) atoms. The largest absolute Gasteiger partial charge is 0.385 e. The summed E-state index contributed by atoms with van der Waals surface area (Å²) in [5.41, 5.74) is 0. The van der Waals surface area contributed by atoms with Crippen LogP contribution in [0.5, 0.6) is 0 Å². The summed E-state index contributed by atoms with van der Waals surface area (Å²) in [5.74, 6) is 0.765. The second-order valence-electron chi connectivity index (χ2n) is 3.66. The lowest BCUT2D eigenvalue weighted by molar-refractivity contribution is 0.183. The quantitative estimate of drug-likeness (QED) is 0.445. The van der Waals surface area contributed by atoms with Gasteiger partial charge in [-0.2, -0.15) is 0 Å². The molecule has 0 N–H and O–H groups in total. The van der Waals surface area contributed by atoms with Crippen LogP contribution in [0.25, 0.3) is 0 Å². The predicted molar refractivity (Wildman–Crippen MR) is 56.4 cm³/mol. The molecule has 0 aliphatic heterocycles. The van der Waals surface area contributed by atoms with Crippen molar-refractivity contribution in [2.45, 2.75) is 31.7 Å². The SMILES string of the molecule is COCCCCN(CCCl)C1CC1. The van der Waals surface area contributed by atoms with Gasteiger partial charge in [-0.15, -0.1) is 11.6 Å². The number of halogens is 1. The van der Waals surface area contributed by atoms with Gasteiger partial charge in [-0.3, -0.25) is 4.90 Å². The molecule has 0 aromatic rings. The van der Waals surface area contributed by atoms with Gasteiger partial charge < -0.3 is 4.74 Å². The maximum Gasteiger partial charge on any atom is 0.0462 e. The second-order valence-corrected chi connectivity index (χ2v) is 4.03. The van der Waals surface area contributed by atoms with Crippen LogP contribution in [0.2, 0.25) is 0 Å². The van der Waals surface area contributed by atoms with Gasteiger partial charge in [0.05, 0.1) is 0 Å². The molecule has 0 aromatic carbocycles. The topological polar surface area (TPSA) is 12.5 Å². The summed E-state index contributed by atoms with van der Waals surface area (Å²) >= 11 is 5.74. The van der Waals surface area contributed by atoms with Crippen molar-refractivity contribution < 1.29 is 4.74 Å². The molecule has 1 aliphatic carbocycles. The third-order valence-corrected chi connectivity index (χ3v) is 2.65. The van der Waals surface area contributed by atoms with Crippen molar-refractivity contribution in [2.75, 3.05) is 32.7 Å². The van der Waals surface area contributed by atoms with E-state index in [1.165, 1.54) is 32.2 Å². The summed E-state index contributed by atoms with van der Waals surface area (Å²) in [7, 11) is 1.76. The molecule has 78 valence electrons. The molecule has 0 radical (unpaired) electrons. The van der Waals surface area contributed by atoms with E-state index >= 15 is 0 Å². The lowest BCUT2D eigenvalue weighted by atomic mass is 10.3. The molecule has 0 spiro atoms. The molecule has 0 atom stereocenters. The number of methoxy groups -OCH3 is 1. The molecule has 0 unspecified atom stereocenters. The van der Waals surface area contributed by atoms with Crippen molar-refractivity contribution in [1.82, 2.24) is 4.90 Å². The van der Waals surface area contributed by atoms with Crippen LogP contribution in [0, 0.1) is 0 Å². The fourth-order valence-corrected chi connectivity index (χ4v) is 1.80. The van der Waals surface area contributed by atoms with Gasteiger partial charge in [0.2, 0.25) is 0 Å². The van der Waals surface area contributed by atoms with Crippen molar-refractivity contribution in [3.05, 3.63) is 0 Å². The molecular formula is C10H20ClNO. The van der Waals surface area contributed by atoms with Crippen LogP contribution in [-0.2, 0) is 4.74 Å². The molecule has 1 aliphatic rings. The van der Waals surface area contributed by atoms with E-state index in [4.69, 9.17) is 16.3 Å². The third kappa shape index (κ3) is 4.84. The van der Waals surface area contributed by atoms with E-state index in [1.54, 1.807) is 7.11 Å². The van der Waals surface area contributed by atoms with Crippen LogP contribution in [-0.4, -0.2) is 43.6 Å². The van der Waals surface area contributed by atoms with Crippen LogP contribution < -0.4 is 0 Å². The summed E-state index contributed by atoms with van der Waals surface area (Å²) in [5, 5.41) is 0. The zero-order valence-electron chi connectivity index (χ0n) is 8.47. The Hall–Kier alpha value is 0.210. The second kappa shape index (κ2) is 6.63. The first-order valence-electron chi connectivity index (χ1n) is 5.17. The number of alkyl halides is 1. The van der Waals surface area contributed by atoms with E-state index < -0.39 is 0 Å². The summed E-state index contributed by atoms with van der Waals surface area (Å²) in [6, 6.07) is 0.848. The number of ether oxygens (including phenoxy) is 1. The first-order valence-corrected chi connectivity index (χ1v) is 5.71. The number of unbranched alkanes of at least 4 members (excludes halogenated alkanes) is 1. The number of rotatable bonds is 8. The maximum atomic E-state index is 5.74. The average Bonchev–Trinajstić information content (AvgIpc) is 2.93. The Morgan fingerprint density at radius 3 is 2.62 bits per heavy atom. The molecule has 1 fully saturated rings. The molecule has 0 bridgehead atoms.